The molecule has 2 heterocycles. The second kappa shape index (κ2) is 6.98. The van der Waals surface area contributed by atoms with E-state index in [1.54, 1.807) is 24.2 Å². The van der Waals surface area contributed by atoms with E-state index in [-0.39, 0.29) is 35.8 Å². The van der Waals surface area contributed by atoms with Crippen LogP contribution in [0.15, 0.2) is 53.5 Å². The van der Waals surface area contributed by atoms with Crippen molar-refractivity contribution in [3.8, 4) is 0 Å². The summed E-state index contributed by atoms with van der Waals surface area (Å²) in [7, 11) is 1.66. The number of nitrogens with zero attached hydrogens (tertiary/aromatic N) is 2. The molecule has 0 spiro atoms. The summed E-state index contributed by atoms with van der Waals surface area (Å²) in [4.78, 5) is 26.0. The molecule has 0 aliphatic carbocycles. The first-order chi connectivity index (χ1) is 10.6. The highest BCUT2D eigenvalue weighted by atomic mass is 35.5. The molecule has 0 unspecified atom stereocenters. The van der Waals surface area contributed by atoms with Gasteiger partial charge in [-0.2, -0.15) is 0 Å². The normalized spacial score (nSPS) is 20.2. The smallest absolute Gasteiger partial charge is 0.254 e. The maximum absolute atomic E-state index is 12.6. The van der Waals surface area contributed by atoms with Gasteiger partial charge in [-0.05, 0) is 11.6 Å². The number of hydrogen-bond donors (Lipinski definition) is 1. The number of halogens is 1. The number of pyridine rings is 1. The molecule has 6 heteroatoms. The van der Waals surface area contributed by atoms with Gasteiger partial charge in [-0.25, -0.2) is 0 Å². The van der Waals surface area contributed by atoms with E-state index in [2.05, 4.69) is 0 Å². The van der Waals surface area contributed by atoms with Gasteiger partial charge in [0.15, 0.2) is 0 Å². The zero-order valence-electron chi connectivity index (χ0n) is 12.9. The van der Waals surface area contributed by atoms with E-state index >= 15 is 0 Å². The van der Waals surface area contributed by atoms with Crippen LogP contribution >= 0.6 is 12.4 Å². The second-order valence-corrected chi connectivity index (χ2v) is 5.76. The minimum Gasteiger partial charge on any atom is -0.336 e. The van der Waals surface area contributed by atoms with E-state index in [1.807, 2.05) is 30.3 Å². The third-order valence-corrected chi connectivity index (χ3v) is 4.23. The number of amides is 1. The number of likely N-dealkylation sites (tertiary alicyclic amines) is 1. The highest BCUT2D eigenvalue weighted by molar-refractivity contribution is 5.94. The number of aryl methyl sites for hydroxylation is 1. The number of benzene rings is 1. The van der Waals surface area contributed by atoms with Crippen LogP contribution in [0, 0.1) is 0 Å². The molecule has 1 amide bonds. The Morgan fingerprint density at radius 1 is 1.17 bits per heavy atom. The zero-order valence-corrected chi connectivity index (χ0v) is 13.7. The lowest BCUT2D eigenvalue weighted by Gasteiger charge is -2.16. The maximum Gasteiger partial charge on any atom is 0.254 e. The molecule has 1 saturated heterocycles. The van der Waals surface area contributed by atoms with Crippen molar-refractivity contribution < 1.29 is 4.79 Å². The van der Waals surface area contributed by atoms with E-state index in [9.17, 15) is 9.59 Å². The summed E-state index contributed by atoms with van der Waals surface area (Å²) in [5.74, 6) is 0.00303. The molecule has 1 aromatic heterocycles. The number of nitrogens with two attached hydrogens (primary N) is 1. The van der Waals surface area contributed by atoms with Gasteiger partial charge >= 0.3 is 0 Å². The minimum atomic E-state index is -0.186. The van der Waals surface area contributed by atoms with E-state index in [4.69, 9.17) is 5.73 Å². The summed E-state index contributed by atoms with van der Waals surface area (Å²) in [6.45, 7) is 1.09. The monoisotopic (exact) mass is 333 g/mol. The fourth-order valence-electron chi connectivity index (χ4n) is 2.91. The Morgan fingerprint density at radius 3 is 2.52 bits per heavy atom. The van der Waals surface area contributed by atoms with E-state index in [0.717, 1.165) is 5.56 Å². The van der Waals surface area contributed by atoms with Crippen LogP contribution in [0.5, 0.6) is 0 Å². The van der Waals surface area contributed by atoms with Crippen molar-refractivity contribution in [2.24, 2.45) is 12.8 Å². The molecule has 1 aliphatic rings. The van der Waals surface area contributed by atoms with Gasteiger partial charge in [0.25, 0.3) is 11.5 Å². The average Bonchev–Trinajstić information content (AvgIpc) is 2.92. The molecule has 0 saturated carbocycles. The van der Waals surface area contributed by atoms with Gasteiger partial charge in [0.1, 0.15) is 0 Å². The van der Waals surface area contributed by atoms with Crippen molar-refractivity contribution in [3.63, 3.8) is 0 Å². The number of rotatable bonds is 2. The van der Waals surface area contributed by atoms with Gasteiger partial charge < -0.3 is 15.2 Å². The predicted octanol–water partition coefficient (Wildman–Crippen LogP) is 1.37. The lowest BCUT2D eigenvalue weighted by molar-refractivity contribution is 0.0789. The number of aromatic nitrogens is 1. The third-order valence-electron chi connectivity index (χ3n) is 4.23. The van der Waals surface area contributed by atoms with Crippen molar-refractivity contribution in [1.29, 1.82) is 0 Å². The largest absolute Gasteiger partial charge is 0.336 e. The Hall–Kier alpha value is -2.11. The molecule has 0 radical (unpaired) electrons. The van der Waals surface area contributed by atoms with Crippen LogP contribution in [-0.4, -0.2) is 34.5 Å². The molecule has 23 heavy (non-hydrogen) atoms. The molecular weight excluding hydrogens is 314 g/mol. The van der Waals surface area contributed by atoms with Crippen molar-refractivity contribution in [2.75, 3.05) is 13.1 Å². The number of carbonyl (C=O) groups is 1. The summed E-state index contributed by atoms with van der Waals surface area (Å²) >= 11 is 0. The van der Waals surface area contributed by atoms with Gasteiger partial charge in [0.2, 0.25) is 0 Å². The van der Waals surface area contributed by atoms with E-state index < -0.39 is 0 Å². The highest BCUT2D eigenvalue weighted by Gasteiger charge is 2.34. The van der Waals surface area contributed by atoms with Crippen LogP contribution in [0.25, 0.3) is 0 Å². The molecule has 2 atom stereocenters. The molecule has 3 rings (SSSR count). The molecule has 1 fully saturated rings. The zero-order chi connectivity index (χ0) is 15.7. The summed E-state index contributed by atoms with van der Waals surface area (Å²) < 4.78 is 1.44. The van der Waals surface area contributed by atoms with Gasteiger partial charge in [-0.1, -0.05) is 30.3 Å². The summed E-state index contributed by atoms with van der Waals surface area (Å²) in [5.41, 5.74) is 7.59. The van der Waals surface area contributed by atoms with Crippen LogP contribution in [0.3, 0.4) is 0 Å². The van der Waals surface area contributed by atoms with Crippen LogP contribution in [0.1, 0.15) is 21.8 Å². The second-order valence-electron chi connectivity index (χ2n) is 5.76. The van der Waals surface area contributed by atoms with Crippen LogP contribution in [0.2, 0.25) is 0 Å². The fourth-order valence-corrected chi connectivity index (χ4v) is 2.91. The Balaban J connectivity index is 0.00000192. The van der Waals surface area contributed by atoms with Gasteiger partial charge in [0, 0.05) is 49.9 Å². The Labute approximate surface area is 141 Å². The summed E-state index contributed by atoms with van der Waals surface area (Å²) in [5, 5.41) is 0. The molecule has 2 N–H and O–H groups in total. The molecule has 2 aromatic rings. The van der Waals surface area contributed by atoms with E-state index in [0.29, 0.717) is 18.7 Å². The summed E-state index contributed by atoms with van der Waals surface area (Å²) in [6.07, 6.45) is 1.61. The van der Waals surface area contributed by atoms with Gasteiger partial charge in [-0.15, -0.1) is 12.4 Å². The minimum absolute atomic E-state index is 0. The maximum atomic E-state index is 12.6. The topological polar surface area (TPSA) is 68.3 Å². The first-order valence-electron chi connectivity index (χ1n) is 7.33. The molecule has 1 aromatic carbocycles. The first kappa shape index (κ1) is 17.2. The SMILES string of the molecule is Cl.Cn1ccc(C(=O)N2C[C@@H](N)[C@H](c3ccccc3)C2)cc1=O. The molecule has 122 valence electrons. The molecule has 1 aliphatic heterocycles. The van der Waals surface area contributed by atoms with Crippen molar-refractivity contribution >= 4 is 18.3 Å². The van der Waals surface area contributed by atoms with Gasteiger partial charge in [0.05, 0.1) is 0 Å². The third kappa shape index (κ3) is 3.46. The average molecular weight is 334 g/mol. The summed E-state index contributed by atoms with van der Waals surface area (Å²) in [6, 6.07) is 13.0. The first-order valence-corrected chi connectivity index (χ1v) is 7.33. The van der Waals surface area contributed by atoms with Crippen molar-refractivity contribution in [1.82, 2.24) is 9.47 Å². The van der Waals surface area contributed by atoms with Crippen LogP contribution in [0.4, 0.5) is 0 Å². The van der Waals surface area contributed by atoms with Gasteiger partial charge in [-0.3, -0.25) is 9.59 Å². The van der Waals surface area contributed by atoms with Crippen LogP contribution < -0.4 is 11.3 Å². The van der Waals surface area contributed by atoms with Crippen molar-refractivity contribution in [3.05, 3.63) is 70.1 Å². The van der Waals surface area contributed by atoms with Crippen molar-refractivity contribution in [2.45, 2.75) is 12.0 Å². The highest BCUT2D eigenvalue weighted by Crippen LogP contribution is 2.27. The number of carbonyl (C=O) groups excluding carboxylic acids is 1. The quantitative estimate of drug-likeness (QED) is 0.902. The Morgan fingerprint density at radius 2 is 1.87 bits per heavy atom. The van der Waals surface area contributed by atoms with E-state index in [1.165, 1.54) is 10.6 Å². The lowest BCUT2D eigenvalue weighted by atomic mass is 9.95. The van der Waals surface area contributed by atoms with Crippen LogP contribution in [-0.2, 0) is 7.05 Å². The predicted molar refractivity (Wildman–Crippen MR) is 92.0 cm³/mol. The Bertz CT molecular complexity index is 745. The lowest BCUT2D eigenvalue weighted by Crippen LogP contribution is -2.33. The molecular formula is C17H20ClN3O2. The molecule has 0 bridgehead atoms. The molecule has 5 nitrogen and oxygen atoms in total. The Kier molecular flexibility index (Phi) is 5.23. The standard InChI is InChI=1S/C17H19N3O2.ClH/c1-19-8-7-13(9-16(19)21)17(22)20-10-14(15(18)11-20)12-5-3-2-4-6-12;/h2-9,14-15H,10-11,18H2,1H3;1H/t14-,15+;/m0./s1. The number of hydrogen-bond acceptors (Lipinski definition) is 3. The fraction of sp³-hybridized carbons (Fsp3) is 0.294.